The van der Waals surface area contributed by atoms with Gasteiger partial charge in [-0.1, -0.05) is 23.4 Å². The van der Waals surface area contributed by atoms with E-state index in [1.165, 1.54) is 10.4 Å². The number of carbonyl (C=O) groups excluding carboxylic acids is 1. The fraction of sp³-hybridized carbons (Fsp3) is 0.333. The third kappa shape index (κ3) is 3.71. The van der Waals surface area contributed by atoms with E-state index in [1.807, 2.05) is 6.92 Å². The van der Waals surface area contributed by atoms with Gasteiger partial charge in [0.15, 0.2) is 0 Å². The van der Waals surface area contributed by atoms with Crippen LogP contribution >= 0.6 is 0 Å². The number of benzene rings is 1. The lowest BCUT2D eigenvalue weighted by molar-refractivity contribution is -0.127. The normalized spacial score (nSPS) is 16.3. The van der Waals surface area contributed by atoms with Crippen molar-refractivity contribution < 1.29 is 17.7 Å². The topological polar surface area (TPSA) is 83.7 Å². The van der Waals surface area contributed by atoms with Crippen LogP contribution in [0.5, 0.6) is 0 Å². The van der Waals surface area contributed by atoms with E-state index in [1.54, 1.807) is 48.2 Å². The van der Waals surface area contributed by atoms with Gasteiger partial charge in [-0.3, -0.25) is 4.79 Å². The molecule has 1 fully saturated rings. The zero-order chi connectivity index (χ0) is 18.7. The van der Waals surface area contributed by atoms with Gasteiger partial charge >= 0.3 is 0 Å². The van der Waals surface area contributed by atoms with Crippen LogP contribution in [0.15, 0.2) is 45.8 Å². The third-order valence-electron chi connectivity index (χ3n) is 4.41. The first kappa shape index (κ1) is 18.3. The molecule has 0 saturated carbocycles. The largest absolute Gasteiger partial charge is 0.361 e. The van der Waals surface area contributed by atoms with Crippen molar-refractivity contribution in [2.45, 2.75) is 18.7 Å². The number of rotatable bonds is 4. The van der Waals surface area contributed by atoms with E-state index in [2.05, 4.69) is 5.16 Å². The smallest absolute Gasteiger partial charge is 0.246 e. The summed E-state index contributed by atoms with van der Waals surface area (Å²) in [6.45, 7) is 4.88. The maximum Gasteiger partial charge on any atom is 0.246 e. The highest BCUT2D eigenvalue weighted by atomic mass is 32.2. The lowest BCUT2D eigenvalue weighted by Gasteiger charge is -2.33. The predicted octanol–water partition coefficient (Wildman–Crippen LogP) is 1.84. The summed E-state index contributed by atoms with van der Waals surface area (Å²) in [7, 11) is -3.51. The number of amides is 1. The Bertz CT molecular complexity index is 892. The molecule has 1 aliphatic heterocycles. The van der Waals surface area contributed by atoms with Gasteiger partial charge in [-0.2, -0.15) is 4.31 Å². The Labute approximate surface area is 152 Å². The molecule has 1 aromatic carbocycles. The number of carbonyl (C=O) groups is 1. The van der Waals surface area contributed by atoms with Crippen molar-refractivity contribution in [1.82, 2.24) is 14.4 Å². The lowest BCUT2D eigenvalue weighted by Crippen LogP contribution is -2.50. The van der Waals surface area contributed by atoms with Gasteiger partial charge in [0.05, 0.1) is 10.6 Å². The monoisotopic (exact) mass is 375 g/mol. The van der Waals surface area contributed by atoms with Crippen molar-refractivity contribution in [1.29, 1.82) is 0 Å². The number of aryl methyl sites for hydroxylation is 2. The quantitative estimate of drug-likeness (QED) is 0.762. The second-order valence-electron chi connectivity index (χ2n) is 6.11. The number of hydrogen-bond acceptors (Lipinski definition) is 5. The van der Waals surface area contributed by atoms with Gasteiger partial charge in [-0.15, -0.1) is 0 Å². The minimum absolute atomic E-state index is 0.151. The molecule has 7 nitrogen and oxygen atoms in total. The van der Waals surface area contributed by atoms with E-state index in [-0.39, 0.29) is 23.9 Å². The maximum absolute atomic E-state index is 12.6. The van der Waals surface area contributed by atoms with Gasteiger partial charge in [-0.05, 0) is 32.1 Å². The number of nitrogens with zero attached hydrogens (tertiary/aromatic N) is 3. The molecule has 0 radical (unpaired) electrons. The van der Waals surface area contributed by atoms with Crippen LogP contribution in [0, 0.1) is 13.8 Å². The molecular formula is C18H21N3O4S. The average Bonchev–Trinajstić information content (AvgIpc) is 2.98. The molecule has 1 amide bonds. The minimum atomic E-state index is -3.51. The molecule has 8 heteroatoms. The van der Waals surface area contributed by atoms with Gasteiger partial charge in [0.25, 0.3) is 0 Å². The van der Waals surface area contributed by atoms with Crippen molar-refractivity contribution >= 4 is 22.0 Å². The molecule has 0 bridgehead atoms. The van der Waals surface area contributed by atoms with Crippen LogP contribution in [0.4, 0.5) is 0 Å². The molecule has 3 rings (SSSR count). The molecule has 0 spiro atoms. The van der Waals surface area contributed by atoms with Gasteiger partial charge < -0.3 is 9.42 Å². The molecule has 0 unspecified atom stereocenters. The van der Waals surface area contributed by atoms with Gasteiger partial charge in [-0.25, -0.2) is 8.42 Å². The van der Waals surface area contributed by atoms with E-state index in [9.17, 15) is 13.2 Å². The van der Waals surface area contributed by atoms with E-state index >= 15 is 0 Å². The highest BCUT2D eigenvalue weighted by Gasteiger charge is 2.29. The molecule has 0 atom stereocenters. The molecule has 26 heavy (non-hydrogen) atoms. The first-order valence-electron chi connectivity index (χ1n) is 8.34. The highest BCUT2D eigenvalue weighted by molar-refractivity contribution is 7.89. The molecule has 1 saturated heterocycles. The Morgan fingerprint density at radius 3 is 2.35 bits per heavy atom. The maximum atomic E-state index is 12.6. The molecule has 0 N–H and O–H groups in total. The molecule has 2 heterocycles. The van der Waals surface area contributed by atoms with E-state index < -0.39 is 10.0 Å². The zero-order valence-electron chi connectivity index (χ0n) is 14.8. The first-order chi connectivity index (χ1) is 12.4. The van der Waals surface area contributed by atoms with Crippen molar-refractivity contribution in [3.05, 3.63) is 53.4 Å². The second-order valence-corrected chi connectivity index (χ2v) is 8.05. The Hall–Kier alpha value is -2.45. The molecule has 1 aliphatic rings. The summed E-state index contributed by atoms with van der Waals surface area (Å²) < 4.78 is 31.7. The standard InChI is InChI=1S/C18H21N3O4S/c1-14-17(15(2)25-19-14)8-9-18(22)20-10-12-21(13-11-20)26(23,24)16-6-4-3-5-7-16/h3-9H,10-13H2,1-2H3/b9-8+. The molecule has 0 aliphatic carbocycles. The third-order valence-corrected chi connectivity index (χ3v) is 6.33. The van der Waals surface area contributed by atoms with Crippen molar-refractivity contribution in [3.8, 4) is 0 Å². The summed E-state index contributed by atoms with van der Waals surface area (Å²) in [5.41, 5.74) is 1.52. The Morgan fingerprint density at radius 2 is 1.77 bits per heavy atom. The van der Waals surface area contributed by atoms with Crippen LogP contribution in [0.1, 0.15) is 17.0 Å². The van der Waals surface area contributed by atoms with Crippen LogP contribution in [0.25, 0.3) is 6.08 Å². The molecule has 1 aromatic heterocycles. The summed E-state index contributed by atoms with van der Waals surface area (Å²) in [6, 6.07) is 8.34. The SMILES string of the molecule is Cc1noc(C)c1/C=C/C(=O)N1CCN(S(=O)(=O)c2ccccc2)CC1. The number of piperazine rings is 1. The first-order valence-corrected chi connectivity index (χ1v) is 9.78. The van der Waals surface area contributed by atoms with Crippen LogP contribution in [0.3, 0.4) is 0 Å². The summed E-state index contributed by atoms with van der Waals surface area (Å²) in [6.07, 6.45) is 3.17. The summed E-state index contributed by atoms with van der Waals surface area (Å²) >= 11 is 0. The Kier molecular flexibility index (Phi) is 5.24. The number of sulfonamides is 1. The summed E-state index contributed by atoms with van der Waals surface area (Å²) in [5.74, 6) is 0.507. The number of aromatic nitrogens is 1. The lowest BCUT2D eigenvalue weighted by atomic mass is 10.2. The predicted molar refractivity (Wildman–Crippen MR) is 96.8 cm³/mol. The van der Waals surface area contributed by atoms with Gasteiger partial charge in [0.2, 0.25) is 15.9 Å². The summed E-state index contributed by atoms with van der Waals surface area (Å²) in [5, 5.41) is 3.85. The van der Waals surface area contributed by atoms with Crippen LogP contribution in [-0.4, -0.2) is 54.9 Å². The average molecular weight is 375 g/mol. The Balaban J connectivity index is 1.62. The highest BCUT2D eigenvalue weighted by Crippen LogP contribution is 2.18. The van der Waals surface area contributed by atoms with Crippen LogP contribution in [0.2, 0.25) is 0 Å². The van der Waals surface area contributed by atoms with E-state index in [0.29, 0.717) is 18.8 Å². The fourth-order valence-corrected chi connectivity index (χ4v) is 4.32. The fourth-order valence-electron chi connectivity index (χ4n) is 2.88. The van der Waals surface area contributed by atoms with Crippen LogP contribution < -0.4 is 0 Å². The second kappa shape index (κ2) is 7.43. The van der Waals surface area contributed by atoms with Gasteiger partial charge in [0.1, 0.15) is 5.76 Å². The number of hydrogen-bond donors (Lipinski definition) is 0. The van der Waals surface area contributed by atoms with Gasteiger partial charge in [0, 0.05) is 37.8 Å². The molecule has 2 aromatic rings. The van der Waals surface area contributed by atoms with E-state index in [4.69, 9.17) is 4.52 Å². The van der Waals surface area contributed by atoms with Crippen LogP contribution in [-0.2, 0) is 14.8 Å². The summed E-state index contributed by atoms with van der Waals surface area (Å²) in [4.78, 5) is 14.3. The minimum Gasteiger partial charge on any atom is -0.361 e. The van der Waals surface area contributed by atoms with E-state index in [0.717, 1.165) is 11.3 Å². The van der Waals surface area contributed by atoms with Crippen molar-refractivity contribution in [2.75, 3.05) is 26.2 Å². The van der Waals surface area contributed by atoms with Crippen molar-refractivity contribution in [3.63, 3.8) is 0 Å². The van der Waals surface area contributed by atoms with Crippen molar-refractivity contribution in [2.24, 2.45) is 0 Å². The zero-order valence-corrected chi connectivity index (χ0v) is 15.6. The molecular weight excluding hydrogens is 354 g/mol. The Morgan fingerprint density at radius 1 is 1.12 bits per heavy atom. The molecule has 138 valence electrons.